The topological polar surface area (TPSA) is 60.2 Å². The summed E-state index contributed by atoms with van der Waals surface area (Å²) in [5.74, 6) is 2.25. The fourth-order valence-corrected chi connectivity index (χ4v) is 4.29. The van der Waals surface area contributed by atoms with Gasteiger partial charge in [0.1, 0.15) is 12.4 Å². The average Bonchev–Trinajstić information content (AvgIpc) is 3.09. The summed E-state index contributed by atoms with van der Waals surface area (Å²) in [7, 11) is 0. The molecule has 2 aromatic rings. The van der Waals surface area contributed by atoms with E-state index in [0.717, 1.165) is 25.9 Å². The van der Waals surface area contributed by atoms with Crippen LogP contribution in [-0.2, 0) is 17.9 Å². The summed E-state index contributed by atoms with van der Waals surface area (Å²) >= 11 is 7.34. The summed E-state index contributed by atoms with van der Waals surface area (Å²) in [5.41, 5.74) is 0. The molecule has 0 spiro atoms. The van der Waals surface area contributed by atoms with Crippen LogP contribution >= 0.6 is 23.4 Å². The monoisotopic (exact) mass is 434 g/mol. The van der Waals surface area contributed by atoms with Gasteiger partial charge in [0.05, 0.1) is 5.25 Å². The van der Waals surface area contributed by atoms with Crippen molar-refractivity contribution in [3.8, 4) is 5.75 Å². The van der Waals surface area contributed by atoms with Gasteiger partial charge in [-0.15, -0.1) is 16.8 Å². The summed E-state index contributed by atoms with van der Waals surface area (Å²) in [6.07, 6.45) is 3.93. The summed E-state index contributed by atoms with van der Waals surface area (Å²) in [6.45, 7) is 10.5. The van der Waals surface area contributed by atoms with Gasteiger partial charge in [-0.05, 0) is 49.9 Å². The molecule has 1 aliphatic heterocycles. The molecule has 1 unspecified atom stereocenters. The largest absolute Gasteiger partial charge is 0.486 e. The third-order valence-corrected chi connectivity index (χ3v) is 6.33. The van der Waals surface area contributed by atoms with Gasteiger partial charge < -0.3 is 9.64 Å². The van der Waals surface area contributed by atoms with E-state index in [-0.39, 0.29) is 17.8 Å². The smallest absolute Gasteiger partial charge is 0.235 e. The van der Waals surface area contributed by atoms with Crippen LogP contribution in [0.2, 0.25) is 5.02 Å². The molecule has 0 saturated carbocycles. The van der Waals surface area contributed by atoms with Crippen LogP contribution in [0.25, 0.3) is 0 Å². The predicted molar refractivity (Wildman–Crippen MR) is 116 cm³/mol. The molecule has 0 aliphatic carbocycles. The van der Waals surface area contributed by atoms with E-state index in [2.05, 4.69) is 23.7 Å². The van der Waals surface area contributed by atoms with Crippen LogP contribution < -0.4 is 4.74 Å². The Morgan fingerprint density at radius 1 is 1.34 bits per heavy atom. The van der Waals surface area contributed by atoms with Crippen LogP contribution in [0.3, 0.4) is 0 Å². The number of hydrogen-bond donors (Lipinski definition) is 0. The number of benzene rings is 1. The lowest BCUT2D eigenvalue weighted by Gasteiger charge is -2.31. The number of aromatic nitrogens is 3. The first kappa shape index (κ1) is 21.7. The van der Waals surface area contributed by atoms with Crippen molar-refractivity contribution < 1.29 is 9.53 Å². The molecular weight excluding hydrogens is 408 g/mol. The minimum atomic E-state index is -0.221. The Morgan fingerprint density at radius 2 is 2.03 bits per heavy atom. The highest BCUT2D eigenvalue weighted by atomic mass is 35.5. The first-order valence-electron chi connectivity index (χ1n) is 9.84. The van der Waals surface area contributed by atoms with Gasteiger partial charge in [0, 0.05) is 24.7 Å². The molecule has 29 heavy (non-hydrogen) atoms. The minimum absolute atomic E-state index is 0.161. The molecule has 156 valence electrons. The molecule has 0 bridgehead atoms. The molecule has 1 fully saturated rings. The van der Waals surface area contributed by atoms with Gasteiger partial charge in [0.15, 0.2) is 11.0 Å². The Hall–Kier alpha value is -1.99. The molecule has 0 radical (unpaired) electrons. The molecule has 1 atom stereocenters. The summed E-state index contributed by atoms with van der Waals surface area (Å²) in [6, 6.07) is 7.18. The minimum Gasteiger partial charge on any atom is -0.486 e. The van der Waals surface area contributed by atoms with Crippen molar-refractivity contribution in [1.82, 2.24) is 19.7 Å². The molecule has 2 heterocycles. The van der Waals surface area contributed by atoms with E-state index in [1.807, 2.05) is 28.5 Å². The average molecular weight is 435 g/mol. The number of amides is 1. The number of likely N-dealkylation sites (tertiary alicyclic amines) is 1. The molecule has 8 heteroatoms. The summed E-state index contributed by atoms with van der Waals surface area (Å²) < 4.78 is 7.74. The van der Waals surface area contributed by atoms with Crippen molar-refractivity contribution >= 4 is 29.3 Å². The Balaban J connectivity index is 1.64. The van der Waals surface area contributed by atoms with Gasteiger partial charge in [-0.3, -0.25) is 9.36 Å². The van der Waals surface area contributed by atoms with Gasteiger partial charge in [-0.25, -0.2) is 0 Å². The Kier molecular flexibility index (Phi) is 7.61. The molecule has 0 N–H and O–H groups in total. The van der Waals surface area contributed by atoms with Gasteiger partial charge in [0.2, 0.25) is 5.91 Å². The number of halogens is 1. The first-order chi connectivity index (χ1) is 14.0. The zero-order valence-corrected chi connectivity index (χ0v) is 18.5. The van der Waals surface area contributed by atoms with Crippen LogP contribution in [0, 0.1) is 5.92 Å². The van der Waals surface area contributed by atoms with Crippen LogP contribution in [0.4, 0.5) is 0 Å². The normalized spacial score (nSPS) is 15.9. The van der Waals surface area contributed by atoms with Crippen LogP contribution in [0.15, 0.2) is 42.1 Å². The number of ether oxygens (including phenoxy) is 1. The fraction of sp³-hybridized carbons (Fsp3) is 0.476. The van der Waals surface area contributed by atoms with Gasteiger partial charge in [-0.2, -0.15) is 0 Å². The van der Waals surface area contributed by atoms with Gasteiger partial charge >= 0.3 is 0 Å². The molecule has 1 aliphatic rings. The van der Waals surface area contributed by atoms with Gasteiger partial charge in [-0.1, -0.05) is 36.4 Å². The second-order valence-electron chi connectivity index (χ2n) is 7.31. The van der Waals surface area contributed by atoms with Crippen molar-refractivity contribution in [2.75, 3.05) is 13.1 Å². The first-order valence-corrected chi connectivity index (χ1v) is 11.1. The zero-order chi connectivity index (χ0) is 20.8. The molecule has 3 rings (SSSR count). The maximum absolute atomic E-state index is 12.8. The summed E-state index contributed by atoms with van der Waals surface area (Å²) in [5, 5.41) is 9.71. The fourth-order valence-electron chi connectivity index (χ4n) is 3.20. The number of nitrogens with zero attached hydrogens (tertiary/aromatic N) is 4. The number of allylic oxidation sites excluding steroid dienone is 1. The molecule has 1 aromatic heterocycles. The van der Waals surface area contributed by atoms with Gasteiger partial charge in [0.25, 0.3) is 0 Å². The molecule has 1 amide bonds. The quantitative estimate of drug-likeness (QED) is 0.454. The Morgan fingerprint density at radius 3 is 2.69 bits per heavy atom. The van der Waals surface area contributed by atoms with E-state index in [9.17, 15) is 4.79 Å². The maximum atomic E-state index is 12.8. The second kappa shape index (κ2) is 10.2. The highest BCUT2D eigenvalue weighted by Crippen LogP contribution is 2.26. The standard InChI is InChI=1S/C21H27ClN4O2S/c1-4-11-26-19(14-28-18-7-5-17(22)6-8-18)23-24-21(26)29-16(3)20(27)25-12-9-15(2)10-13-25/h4-8,15-16H,1,9-14H2,2-3H3. The van der Waals surface area contributed by atoms with Crippen molar-refractivity contribution in [1.29, 1.82) is 0 Å². The van der Waals surface area contributed by atoms with E-state index in [0.29, 0.717) is 34.2 Å². The highest BCUT2D eigenvalue weighted by Gasteiger charge is 2.26. The van der Waals surface area contributed by atoms with E-state index >= 15 is 0 Å². The SMILES string of the molecule is C=CCn1c(COc2ccc(Cl)cc2)nnc1SC(C)C(=O)N1CCC(C)CC1. The molecular formula is C21H27ClN4O2S. The number of carbonyl (C=O) groups is 1. The van der Waals surface area contributed by atoms with Crippen molar-refractivity contribution in [2.45, 2.75) is 50.2 Å². The molecule has 1 aromatic carbocycles. The van der Waals surface area contributed by atoms with Crippen molar-refractivity contribution in [2.24, 2.45) is 5.92 Å². The number of piperidine rings is 1. The van der Waals surface area contributed by atoms with E-state index < -0.39 is 0 Å². The zero-order valence-electron chi connectivity index (χ0n) is 16.9. The van der Waals surface area contributed by atoms with Crippen molar-refractivity contribution in [3.63, 3.8) is 0 Å². The third kappa shape index (κ3) is 5.76. The molecule has 6 nitrogen and oxygen atoms in total. The number of rotatable bonds is 8. The number of hydrogen-bond acceptors (Lipinski definition) is 5. The predicted octanol–water partition coefficient (Wildman–Crippen LogP) is 4.44. The van der Waals surface area contributed by atoms with Crippen LogP contribution in [0.5, 0.6) is 5.75 Å². The number of thioether (sulfide) groups is 1. The van der Waals surface area contributed by atoms with E-state index in [1.165, 1.54) is 11.8 Å². The third-order valence-electron chi connectivity index (χ3n) is 5.01. The van der Waals surface area contributed by atoms with Crippen molar-refractivity contribution in [3.05, 3.63) is 47.8 Å². The molecule has 1 saturated heterocycles. The van der Waals surface area contributed by atoms with Crippen LogP contribution in [-0.4, -0.2) is 43.9 Å². The maximum Gasteiger partial charge on any atom is 0.235 e. The van der Waals surface area contributed by atoms with E-state index in [1.54, 1.807) is 18.2 Å². The lowest BCUT2D eigenvalue weighted by Crippen LogP contribution is -2.41. The van der Waals surface area contributed by atoms with Crippen LogP contribution in [0.1, 0.15) is 32.5 Å². The van der Waals surface area contributed by atoms with E-state index in [4.69, 9.17) is 16.3 Å². The lowest BCUT2D eigenvalue weighted by atomic mass is 9.99. The Labute approximate surface area is 181 Å². The summed E-state index contributed by atoms with van der Waals surface area (Å²) in [4.78, 5) is 14.8. The number of carbonyl (C=O) groups excluding carboxylic acids is 1. The second-order valence-corrected chi connectivity index (χ2v) is 9.05. The highest BCUT2D eigenvalue weighted by molar-refractivity contribution is 8.00. The Bertz CT molecular complexity index is 832. The lowest BCUT2D eigenvalue weighted by molar-refractivity contribution is -0.131.